The highest BCUT2D eigenvalue weighted by Gasteiger charge is 2.49. The van der Waals surface area contributed by atoms with Gasteiger partial charge in [0.1, 0.15) is 11.9 Å². The van der Waals surface area contributed by atoms with E-state index in [-0.39, 0.29) is 6.10 Å². The molecule has 7 heteroatoms. The molecule has 3 aromatic rings. The number of aromatic nitrogens is 1. The molecule has 0 amide bonds. The molecule has 0 radical (unpaired) electrons. The van der Waals surface area contributed by atoms with Gasteiger partial charge in [-0.25, -0.2) is 14.9 Å². The van der Waals surface area contributed by atoms with Crippen molar-refractivity contribution < 1.29 is 9.57 Å². The van der Waals surface area contributed by atoms with Crippen molar-refractivity contribution in [3.8, 4) is 16.9 Å². The van der Waals surface area contributed by atoms with Crippen LogP contribution in [0.4, 0.5) is 0 Å². The summed E-state index contributed by atoms with van der Waals surface area (Å²) in [5.74, 6) is 1.07. The summed E-state index contributed by atoms with van der Waals surface area (Å²) < 4.78 is 6.37. The monoisotopic (exact) mass is 413 g/mol. The van der Waals surface area contributed by atoms with Crippen molar-refractivity contribution >= 4 is 12.2 Å². The van der Waals surface area contributed by atoms with Crippen molar-refractivity contribution in [1.82, 2.24) is 10.0 Å². The van der Waals surface area contributed by atoms with Crippen LogP contribution in [0.25, 0.3) is 11.1 Å². The van der Waals surface area contributed by atoms with E-state index in [1.54, 1.807) is 26.5 Å². The number of ether oxygens (including phenoxy) is 1. The summed E-state index contributed by atoms with van der Waals surface area (Å²) in [7, 11) is 3.53. The number of fused-ring (bicyclic) bond motifs is 2. The topological polar surface area (TPSA) is 85.3 Å². The summed E-state index contributed by atoms with van der Waals surface area (Å²) in [6.45, 7) is 0. The Morgan fingerprint density at radius 2 is 1.94 bits per heavy atom. The molecular weight excluding hydrogens is 390 g/mol. The second-order valence-corrected chi connectivity index (χ2v) is 7.66. The van der Waals surface area contributed by atoms with Crippen molar-refractivity contribution in [2.24, 2.45) is 15.7 Å². The molecule has 0 saturated heterocycles. The first-order valence-electron chi connectivity index (χ1n) is 10.1. The third-order valence-corrected chi connectivity index (χ3v) is 5.61. The minimum Gasteiger partial charge on any atom is -0.485 e. The lowest BCUT2D eigenvalue weighted by atomic mass is 9.88. The van der Waals surface area contributed by atoms with E-state index >= 15 is 0 Å². The zero-order valence-electron chi connectivity index (χ0n) is 17.4. The molecule has 7 nitrogen and oxygen atoms in total. The Morgan fingerprint density at radius 3 is 2.68 bits per heavy atom. The third-order valence-electron chi connectivity index (χ3n) is 5.61. The maximum absolute atomic E-state index is 6.37. The second-order valence-electron chi connectivity index (χ2n) is 7.66. The highest BCUT2D eigenvalue weighted by atomic mass is 16.7. The van der Waals surface area contributed by atoms with E-state index in [1.807, 2.05) is 36.5 Å². The van der Waals surface area contributed by atoms with Gasteiger partial charge >= 0.3 is 0 Å². The molecule has 0 saturated carbocycles. The molecule has 5 rings (SSSR count). The van der Waals surface area contributed by atoms with Crippen molar-refractivity contribution in [3.05, 3.63) is 83.7 Å². The Morgan fingerprint density at radius 1 is 1.13 bits per heavy atom. The fourth-order valence-electron chi connectivity index (χ4n) is 4.13. The van der Waals surface area contributed by atoms with E-state index in [4.69, 9.17) is 20.3 Å². The quantitative estimate of drug-likeness (QED) is 0.663. The molecule has 0 aliphatic carbocycles. The minimum atomic E-state index is -0.946. The number of rotatable bonds is 3. The molecule has 156 valence electrons. The van der Waals surface area contributed by atoms with Gasteiger partial charge in [0.2, 0.25) is 11.7 Å². The molecule has 3 heterocycles. The Hall–Kier alpha value is -3.71. The molecule has 0 bridgehead atoms. The summed E-state index contributed by atoms with van der Waals surface area (Å²) in [5.41, 5.74) is 10.2. The molecule has 2 aromatic carbocycles. The van der Waals surface area contributed by atoms with Gasteiger partial charge in [-0.15, -0.1) is 0 Å². The molecule has 2 aliphatic heterocycles. The number of guanidine groups is 1. The standard InChI is InChI=1S/C24H23N5O2/c1-26-15-16-4-3-5-18(12-16)19-6-7-21-20(13-19)24(28-23(25)29(2)31-24)14-22(30-21)17-8-10-27-11-9-17/h3-13,15,22H,14H2,1-2H3,(H2,25,28). The number of nitrogens with zero attached hydrogens (tertiary/aromatic N) is 4. The molecule has 2 atom stereocenters. The van der Waals surface area contributed by atoms with Gasteiger partial charge in [0.25, 0.3) is 0 Å². The maximum Gasteiger partial charge on any atom is 0.222 e. The van der Waals surface area contributed by atoms with Crippen LogP contribution in [-0.2, 0) is 10.6 Å². The minimum absolute atomic E-state index is 0.228. The second kappa shape index (κ2) is 7.52. The van der Waals surface area contributed by atoms with E-state index < -0.39 is 5.72 Å². The number of nitrogens with two attached hydrogens (primary N) is 1. The largest absolute Gasteiger partial charge is 0.485 e. The number of hydrogen-bond donors (Lipinski definition) is 1. The predicted octanol–water partition coefficient (Wildman–Crippen LogP) is 3.67. The first-order valence-corrected chi connectivity index (χ1v) is 10.1. The summed E-state index contributed by atoms with van der Waals surface area (Å²) in [6, 6.07) is 18.2. The Balaban J connectivity index is 1.61. The van der Waals surface area contributed by atoms with Gasteiger partial charge in [-0.2, -0.15) is 0 Å². The molecule has 2 unspecified atom stereocenters. The third kappa shape index (κ3) is 3.43. The van der Waals surface area contributed by atoms with Crippen LogP contribution in [0.3, 0.4) is 0 Å². The van der Waals surface area contributed by atoms with Crippen LogP contribution < -0.4 is 10.5 Å². The SMILES string of the molecule is CN=Cc1cccc(-c2ccc3c(c2)C2(CC(c4ccncc4)O3)N=C(N)N(C)O2)c1. The van der Waals surface area contributed by atoms with Crippen LogP contribution in [0.5, 0.6) is 5.75 Å². The zero-order valence-corrected chi connectivity index (χ0v) is 17.4. The normalized spacial score (nSPS) is 22.5. The van der Waals surface area contributed by atoms with Gasteiger partial charge in [0.05, 0.1) is 5.56 Å². The average Bonchev–Trinajstić information content (AvgIpc) is 3.08. The van der Waals surface area contributed by atoms with Crippen molar-refractivity contribution in [2.75, 3.05) is 14.1 Å². The van der Waals surface area contributed by atoms with E-state index in [1.165, 1.54) is 5.06 Å². The van der Waals surface area contributed by atoms with Gasteiger partial charge in [0, 0.05) is 39.1 Å². The van der Waals surface area contributed by atoms with Crippen LogP contribution in [0.2, 0.25) is 0 Å². The van der Waals surface area contributed by atoms with Gasteiger partial charge in [0.15, 0.2) is 0 Å². The summed E-state index contributed by atoms with van der Waals surface area (Å²) >= 11 is 0. The van der Waals surface area contributed by atoms with Crippen LogP contribution in [0.15, 0.2) is 77.0 Å². The molecule has 31 heavy (non-hydrogen) atoms. The number of aliphatic imine (C=N–C) groups is 2. The van der Waals surface area contributed by atoms with Gasteiger partial charge in [-0.1, -0.05) is 24.3 Å². The van der Waals surface area contributed by atoms with Gasteiger partial charge in [-0.05, 0) is 52.6 Å². The molecule has 2 aliphatic rings. The maximum atomic E-state index is 6.37. The lowest BCUT2D eigenvalue weighted by Crippen LogP contribution is -2.36. The first kappa shape index (κ1) is 19.3. The van der Waals surface area contributed by atoms with Gasteiger partial charge in [-0.3, -0.25) is 9.98 Å². The Kier molecular flexibility index (Phi) is 4.67. The van der Waals surface area contributed by atoms with E-state index in [0.29, 0.717) is 12.4 Å². The van der Waals surface area contributed by atoms with Crippen molar-refractivity contribution in [2.45, 2.75) is 18.2 Å². The van der Waals surface area contributed by atoms with E-state index in [0.717, 1.165) is 33.6 Å². The van der Waals surface area contributed by atoms with E-state index in [2.05, 4.69) is 34.2 Å². The molecule has 0 fully saturated rings. The number of hydrogen-bond acceptors (Lipinski definition) is 7. The molecule has 2 N–H and O–H groups in total. The highest BCUT2D eigenvalue weighted by molar-refractivity contribution is 5.83. The number of hydroxylamine groups is 2. The van der Waals surface area contributed by atoms with Gasteiger partial charge < -0.3 is 10.5 Å². The van der Waals surface area contributed by atoms with E-state index in [9.17, 15) is 0 Å². The van der Waals surface area contributed by atoms with Crippen molar-refractivity contribution in [1.29, 1.82) is 0 Å². The Bertz CT molecular complexity index is 1180. The Labute approximate surface area is 180 Å². The molecular formula is C24H23N5O2. The van der Waals surface area contributed by atoms with Crippen LogP contribution in [0, 0.1) is 0 Å². The fourth-order valence-corrected chi connectivity index (χ4v) is 4.13. The van der Waals surface area contributed by atoms with Crippen LogP contribution in [0.1, 0.15) is 29.2 Å². The summed E-state index contributed by atoms with van der Waals surface area (Å²) in [5, 5.41) is 1.52. The highest BCUT2D eigenvalue weighted by Crippen LogP contribution is 2.50. The predicted molar refractivity (Wildman–Crippen MR) is 120 cm³/mol. The molecule has 1 spiro atoms. The van der Waals surface area contributed by atoms with Crippen LogP contribution >= 0.6 is 0 Å². The lowest BCUT2D eigenvalue weighted by molar-refractivity contribution is -0.191. The first-order chi connectivity index (χ1) is 15.1. The zero-order chi connectivity index (χ0) is 21.4. The average molecular weight is 413 g/mol. The summed E-state index contributed by atoms with van der Waals surface area (Å²) in [4.78, 5) is 19.2. The summed E-state index contributed by atoms with van der Waals surface area (Å²) in [6.07, 6.45) is 5.63. The van der Waals surface area contributed by atoms with Crippen molar-refractivity contribution in [3.63, 3.8) is 0 Å². The molecule has 1 aromatic heterocycles. The smallest absolute Gasteiger partial charge is 0.222 e. The fraction of sp³-hybridized carbons (Fsp3) is 0.208. The number of pyridine rings is 1. The number of benzene rings is 2. The van der Waals surface area contributed by atoms with Crippen LogP contribution in [-0.4, -0.2) is 36.3 Å². The lowest BCUT2D eigenvalue weighted by Gasteiger charge is -2.37.